The van der Waals surface area contributed by atoms with Crippen LogP contribution in [0.25, 0.3) is 0 Å². The molecule has 0 unspecified atom stereocenters. The predicted octanol–water partition coefficient (Wildman–Crippen LogP) is 1.43. The van der Waals surface area contributed by atoms with Gasteiger partial charge in [-0.3, -0.25) is 0 Å². The zero-order valence-corrected chi connectivity index (χ0v) is 24.7. The molecule has 0 radical (unpaired) electrons. The first-order valence-corrected chi connectivity index (χ1v) is 18.8. The quantitative estimate of drug-likeness (QED) is 0.208. The molecule has 4 rings (SSSR count). The Bertz CT molecular complexity index is 1120. The molecule has 3 N–H and O–H groups in total. The Labute approximate surface area is 235 Å². The van der Waals surface area contributed by atoms with Gasteiger partial charge in [0, 0.05) is 0 Å². The Kier molecular flexibility index (Phi) is 9.38. The van der Waals surface area contributed by atoms with Gasteiger partial charge in [0.2, 0.25) is 0 Å². The topological polar surface area (TPSA) is 87.4 Å². The summed E-state index contributed by atoms with van der Waals surface area (Å²) in [5, 5.41) is 3.25. The molecule has 2 heterocycles. The average Bonchev–Trinajstić information content (AvgIpc) is 3.69. The molecule has 1 aromatic carbocycles. The van der Waals surface area contributed by atoms with Crippen molar-refractivity contribution in [1.82, 2.24) is 14.9 Å². The third-order valence-electron chi connectivity index (χ3n) is 7.47. The van der Waals surface area contributed by atoms with Crippen LogP contribution in [0.1, 0.15) is 37.3 Å². The number of nitrogens with two attached hydrogens (primary N) is 1. The van der Waals surface area contributed by atoms with Crippen molar-refractivity contribution < 1.29 is 41.3 Å². The molecule has 38 heavy (non-hydrogen) atoms. The molecule has 1 aliphatic carbocycles. The van der Waals surface area contributed by atoms with Gasteiger partial charge in [-0.15, -0.1) is 0 Å². The first-order chi connectivity index (χ1) is 18.0. The van der Waals surface area contributed by atoms with Crippen LogP contribution in [-0.4, -0.2) is 57.4 Å². The summed E-state index contributed by atoms with van der Waals surface area (Å²) in [4.78, 5) is 23.7. The van der Waals surface area contributed by atoms with E-state index >= 15 is 4.39 Å². The molecule has 1 aliphatic heterocycles. The minimum atomic E-state index is -4.40. The number of aromatic nitrogens is 2. The second-order valence-electron chi connectivity index (χ2n) is 10.2. The fraction of sp³-hybridized carbons (Fsp3) is 0.560. The van der Waals surface area contributed by atoms with E-state index in [-0.39, 0.29) is 67.0 Å². The molecule has 7 nitrogen and oxygen atoms in total. The molecule has 1 saturated carbocycles. The minimum absolute atomic E-state index is 0.0774. The van der Waals surface area contributed by atoms with Crippen molar-refractivity contribution in [3.63, 3.8) is 0 Å². The Morgan fingerprint density at radius 2 is 2.00 bits per heavy atom. The number of piperidine rings is 1. The molecular formula is C25H31BrF4IN6O-. The van der Waals surface area contributed by atoms with E-state index in [9.17, 15) is 18.0 Å². The third-order valence-corrected chi connectivity index (χ3v) is 10.7. The summed E-state index contributed by atoms with van der Waals surface area (Å²) in [5.41, 5.74) is 5.23. The van der Waals surface area contributed by atoms with Crippen LogP contribution < -0.4 is 34.9 Å². The summed E-state index contributed by atoms with van der Waals surface area (Å²) in [5.74, 6) is -0.382. The Hall–Kier alpha value is -1.74. The van der Waals surface area contributed by atoms with E-state index in [4.69, 9.17) is 5.73 Å². The van der Waals surface area contributed by atoms with Crippen molar-refractivity contribution in [2.24, 2.45) is 17.1 Å². The molecule has 2 fully saturated rings. The van der Waals surface area contributed by atoms with Crippen molar-refractivity contribution in [3.05, 3.63) is 47.5 Å². The van der Waals surface area contributed by atoms with Crippen LogP contribution in [0.3, 0.4) is 0 Å². The van der Waals surface area contributed by atoms with Gasteiger partial charge < -0.3 is 0 Å². The van der Waals surface area contributed by atoms with Crippen LogP contribution in [0.4, 0.5) is 29.2 Å². The number of hydrogen-bond donors (Lipinski definition) is 2. The SMILES string of the molecule is C[C@H]1CN(CC(N)=O)CC[C@@]1(CNc1ncnc(N(Cc2ccc(C(F)(F)F)cc2)C2CC2)c1F)C[I-]Br. The van der Waals surface area contributed by atoms with Crippen LogP contribution in [0.15, 0.2) is 30.6 Å². The predicted molar refractivity (Wildman–Crippen MR) is 137 cm³/mol. The van der Waals surface area contributed by atoms with Gasteiger partial charge in [0.05, 0.1) is 5.56 Å². The number of primary amides is 1. The van der Waals surface area contributed by atoms with Crippen molar-refractivity contribution in [2.75, 3.05) is 40.8 Å². The molecule has 1 saturated heterocycles. The van der Waals surface area contributed by atoms with E-state index in [1.54, 1.807) is 0 Å². The first kappa shape index (κ1) is 29.2. The van der Waals surface area contributed by atoms with Gasteiger partial charge in [-0.1, -0.05) is 0 Å². The zero-order chi connectivity index (χ0) is 27.5. The molecule has 210 valence electrons. The summed E-state index contributed by atoms with van der Waals surface area (Å²) < 4.78 is 55.6. The van der Waals surface area contributed by atoms with Crippen molar-refractivity contribution in [2.45, 2.75) is 44.9 Å². The van der Waals surface area contributed by atoms with Crippen molar-refractivity contribution in [3.8, 4) is 0 Å². The number of hydrogen-bond acceptors (Lipinski definition) is 6. The molecule has 2 aliphatic rings. The summed E-state index contributed by atoms with van der Waals surface area (Å²) in [7, 11) is 0. The van der Waals surface area contributed by atoms with Crippen LogP contribution in [0.2, 0.25) is 0 Å². The average molecular weight is 714 g/mol. The zero-order valence-electron chi connectivity index (χ0n) is 20.9. The van der Waals surface area contributed by atoms with Gasteiger partial charge in [-0.2, -0.15) is 13.2 Å². The number of nitrogens with one attached hydrogen (secondary N) is 1. The van der Waals surface area contributed by atoms with Crippen molar-refractivity contribution >= 4 is 30.2 Å². The molecule has 1 amide bonds. The first-order valence-electron chi connectivity index (χ1n) is 12.4. The summed E-state index contributed by atoms with van der Waals surface area (Å²) >= 11 is 3.45. The Morgan fingerprint density at radius 1 is 1.29 bits per heavy atom. The molecular weight excluding hydrogens is 683 g/mol. The van der Waals surface area contributed by atoms with E-state index in [0.29, 0.717) is 12.1 Å². The second-order valence-corrected chi connectivity index (χ2v) is 14.4. The number of anilines is 2. The van der Waals surface area contributed by atoms with E-state index in [1.165, 1.54) is 18.5 Å². The Balaban J connectivity index is 1.49. The number of likely N-dealkylation sites (tertiary alicyclic amines) is 1. The van der Waals surface area contributed by atoms with E-state index in [0.717, 1.165) is 48.9 Å². The summed E-state index contributed by atoms with van der Waals surface area (Å²) in [6.45, 7) is 4.65. The van der Waals surface area contributed by atoms with Crippen molar-refractivity contribution in [1.29, 1.82) is 0 Å². The number of carbonyl (C=O) groups excluding carboxylic acids is 1. The van der Waals surface area contributed by atoms with Crippen LogP contribution in [-0.2, 0) is 17.5 Å². The van der Waals surface area contributed by atoms with Crippen LogP contribution >= 0.6 is 12.7 Å². The third kappa shape index (κ3) is 7.06. The number of benzene rings is 1. The number of carbonyl (C=O) groups is 1. The van der Waals surface area contributed by atoms with Gasteiger partial charge in [0.1, 0.15) is 0 Å². The number of halogens is 6. The fourth-order valence-electron chi connectivity index (χ4n) is 4.98. The molecule has 2 aromatic rings. The number of nitrogens with zero attached hydrogens (tertiary/aromatic N) is 4. The molecule has 2 atom stereocenters. The van der Waals surface area contributed by atoms with Gasteiger partial charge in [-0.25, -0.2) is 0 Å². The van der Waals surface area contributed by atoms with Crippen LogP contribution in [0.5, 0.6) is 0 Å². The van der Waals surface area contributed by atoms with E-state index in [2.05, 4.69) is 39.8 Å². The maximum absolute atomic E-state index is 15.8. The number of amides is 1. The Morgan fingerprint density at radius 3 is 2.58 bits per heavy atom. The van der Waals surface area contributed by atoms with Gasteiger partial charge in [0.15, 0.2) is 0 Å². The number of alkyl halides is 4. The summed E-state index contributed by atoms with van der Waals surface area (Å²) in [6, 6.07) is 5.02. The molecule has 0 bridgehead atoms. The fourth-order valence-corrected chi connectivity index (χ4v) is 9.78. The molecule has 13 heteroatoms. The van der Waals surface area contributed by atoms with E-state index < -0.39 is 17.6 Å². The maximum atomic E-state index is 15.8. The van der Waals surface area contributed by atoms with E-state index in [1.807, 2.05) is 4.90 Å². The van der Waals surface area contributed by atoms with Gasteiger partial charge >= 0.3 is 218 Å². The van der Waals surface area contributed by atoms with Gasteiger partial charge in [0.25, 0.3) is 0 Å². The number of rotatable bonds is 11. The standard InChI is InChI=1S/C25H31BrF4IN6O/c1-16-10-36(12-20(32)38)9-8-24(16,13-31-26)14-33-22-21(27)23(35-15-34-22)37(19-6-7-19)11-17-2-4-18(5-3-17)25(28,29)30/h2-5,15-16,19H,6-14H2,1H3,(H2,32,38)(H,33,34,35)/q-1/t16-,24-/m0/s1. The summed E-state index contributed by atoms with van der Waals surface area (Å²) in [6.07, 6.45) is -0.500. The molecule has 1 aromatic heterocycles. The second kappa shape index (κ2) is 12.2. The normalized spacial score (nSPS) is 22.4. The molecule has 0 spiro atoms. The van der Waals surface area contributed by atoms with Crippen LogP contribution in [0, 0.1) is 17.2 Å². The monoisotopic (exact) mass is 713 g/mol. The van der Waals surface area contributed by atoms with Gasteiger partial charge in [-0.05, 0) is 0 Å².